The second-order valence-electron chi connectivity index (χ2n) is 4.20. The van der Waals surface area contributed by atoms with Crippen molar-refractivity contribution in [2.45, 2.75) is 12.5 Å². The zero-order valence-corrected chi connectivity index (χ0v) is 13.6. The first kappa shape index (κ1) is 14.5. The molecule has 0 saturated heterocycles. The van der Waals surface area contributed by atoms with Gasteiger partial charge in [-0.1, -0.05) is 15.9 Å². The van der Waals surface area contributed by atoms with Crippen LogP contribution in [0, 0.1) is 0 Å². The summed E-state index contributed by atoms with van der Waals surface area (Å²) in [7, 11) is 1.67. The van der Waals surface area contributed by atoms with Gasteiger partial charge in [-0.2, -0.15) is 0 Å². The quantitative estimate of drug-likeness (QED) is 0.869. The van der Waals surface area contributed by atoms with E-state index in [1.54, 1.807) is 19.5 Å². The molecule has 2 rings (SSSR count). The molecular weight excluding hydrogens is 372 g/mol. The van der Waals surface area contributed by atoms with Crippen LogP contribution in [0.25, 0.3) is 0 Å². The third-order valence-corrected chi connectivity index (χ3v) is 3.76. The summed E-state index contributed by atoms with van der Waals surface area (Å²) in [6, 6.07) is 7.79. The summed E-state index contributed by atoms with van der Waals surface area (Å²) in [5.74, 6) is 0.849. The zero-order valence-electron chi connectivity index (χ0n) is 10.4. The summed E-state index contributed by atoms with van der Waals surface area (Å²) in [5.41, 5.74) is 8.31. The van der Waals surface area contributed by atoms with Crippen LogP contribution in [0.1, 0.15) is 17.2 Å². The summed E-state index contributed by atoms with van der Waals surface area (Å²) >= 11 is 6.87. The maximum absolute atomic E-state index is 6.24. The molecule has 0 saturated carbocycles. The molecule has 1 aromatic carbocycles. The number of benzene rings is 1. The summed E-state index contributed by atoms with van der Waals surface area (Å²) in [6.45, 7) is 0. The van der Waals surface area contributed by atoms with E-state index >= 15 is 0 Å². The van der Waals surface area contributed by atoms with Gasteiger partial charge in [0, 0.05) is 27.4 Å². The van der Waals surface area contributed by atoms with Gasteiger partial charge in [0.15, 0.2) is 0 Å². The van der Waals surface area contributed by atoms with Gasteiger partial charge in [-0.15, -0.1) is 0 Å². The molecule has 0 aliphatic rings. The first-order valence-corrected chi connectivity index (χ1v) is 7.37. The Morgan fingerprint density at radius 1 is 1.21 bits per heavy atom. The number of nitrogens with zero attached hydrogens (tertiary/aromatic N) is 1. The van der Waals surface area contributed by atoms with E-state index in [4.69, 9.17) is 10.5 Å². The largest absolute Gasteiger partial charge is 0.496 e. The van der Waals surface area contributed by atoms with Gasteiger partial charge in [-0.05, 0) is 57.7 Å². The molecule has 0 amide bonds. The van der Waals surface area contributed by atoms with E-state index in [1.807, 2.05) is 24.3 Å². The molecule has 0 radical (unpaired) electrons. The highest BCUT2D eigenvalue weighted by Crippen LogP contribution is 2.27. The molecule has 1 atom stereocenters. The molecule has 1 aromatic heterocycles. The maximum atomic E-state index is 6.24. The van der Waals surface area contributed by atoms with Crippen molar-refractivity contribution in [1.29, 1.82) is 0 Å². The summed E-state index contributed by atoms with van der Waals surface area (Å²) < 4.78 is 7.31. The van der Waals surface area contributed by atoms with Crippen LogP contribution in [-0.2, 0) is 6.42 Å². The molecule has 2 N–H and O–H groups in total. The average molecular weight is 386 g/mol. The number of ether oxygens (including phenoxy) is 1. The lowest BCUT2D eigenvalue weighted by molar-refractivity contribution is 0.408. The number of hydrogen-bond donors (Lipinski definition) is 1. The first-order chi connectivity index (χ1) is 9.10. The average Bonchev–Trinajstić information content (AvgIpc) is 2.39. The van der Waals surface area contributed by atoms with E-state index in [0.717, 1.165) is 25.8 Å². The number of hydrogen-bond acceptors (Lipinski definition) is 3. The Balaban J connectivity index is 2.23. The lowest BCUT2D eigenvalue weighted by atomic mass is 10.0. The summed E-state index contributed by atoms with van der Waals surface area (Å²) in [4.78, 5) is 4.14. The Bertz CT molecular complexity index is 575. The van der Waals surface area contributed by atoms with E-state index in [0.29, 0.717) is 6.42 Å². The smallest absolute Gasteiger partial charge is 0.122 e. The zero-order chi connectivity index (χ0) is 13.8. The third-order valence-electron chi connectivity index (χ3n) is 2.84. The van der Waals surface area contributed by atoms with Crippen LogP contribution in [0.15, 0.2) is 45.6 Å². The molecule has 1 unspecified atom stereocenters. The topological polar surface area (TPSA) is 48.1 Å². The third kappa shape index (κ3) is 3.78. The van der Waals surface area contributed by atoms with Crippen LogP contribution >= 0.6 is 31.9 Å². The molecule has 0 aliphatic heterocycles. The standard InChI is InChI=1S/C14H14Br2N2O/c1-19-14-3-2-11(15)4-9(14)6-13(17)10-5-12(16)8-18-7-10/h2-5,7-8,13H,6,17H2,1H3. The first-order valence-electron chi connectivity index (χ1n) is 5.78. The Labute approximate surface area is 129 Å². The van der Waals surface area contributed by atoms with Crippen molar-refractivity contribution < 1.29 is 4.74 Å². The number of rotatable bonds is 4. The van der Waals surface area contributed by atoms with Gasteiger partial charge in [-0.3, -0.25) is 4.98 Å². The fraction of sp³-hybridized carbons (Fsp3) is 0.214. The van der Waals surface area contributed by atoms with E-state index in [1.165, 1.54) is 0 Å². The van der Waals surface area contributed by atoms with Gasteiger partial charge >= 0.3 is 0 Å². The van der Waals surface area contributed by atoms with Crippen LogP contribution in [0.4, 0.5) is 0 Å². The van der Waals surface area contributed by atoms with Crippen molar-refractivity contribution in [2.24, 2.45) is 5.73 Å². The van der Waals surface area contributed by atoms with Crippen LogP contribution in [0.5, 0.6) is 5.75 Å². The maximum Gasteiger partial charge on any atom is 0.122 e. The Morgan fingerprint density at radius 2 is 2.00 bits per heavy atom. The second kappa shape index (κ2) is 6.50. The van der Waals surface area contributed by atoms with Crippen LogP contribution in [-0.4, -0.2) is 12.1 Å². The summed E-state index contributed by atoms with van der Waals surface area (Å²) in [6.07, 6.45) is 4.23. The van der Waals surface area contributed by atoms with Gasteiger partial charge in [-0.25, -0.2) is 0 Å². The van der Waals surface area contributed by atoms with Crippen LogP contribution in [0.2, 0.25) is 0 Å². The number of halogens is 2. The molecule has 0 bridgehead atoms. The lowest BCUT2D eigenvalue weighted by Crippen LogP contribution is -2.14. The van der Waals surface area contributed by atoms with Gasteiger partial charge in [0.05, 0.1) is 7.11 Å². The van der Waals surface area contributed by atoms with E-state index in [-0.39, 0.29) is 6.04 Å². The molecule has 3 nitrogen and oxygen atoms in total. The Kier molecular flexibility index (Phi) is 4.96. The van der Waals surface area contributed by atoms with E-state index < -0.39 is 0 Å². The SMILES string of the molecule is COc1ccc(Br)cc1CC(N)c1cncc(Br)c1. The van der Waals surface area contributed by atoms with E-state index in [9.17, 15) is 0 Å². The molecule has 0 aliphatic carbocycles. The fourth-order valence-corrected chi connectivity index (χ4v) is 2.68. The monoisotopic (exact) mass is 384 g/mol. The van der Waals surface area contributed by atoms with Gasteiger partial charge in [0.1, 0.15) is 5.75 Å². The molecule has 0 fully saturated rings. The molecule has 0 spiro atoms. The number of pyridine rings is 1. The number of methoxy groups -OCH3 is 1. The molecule has 1 heterocycles. The number of aromatic nitrogens is 1. The lowest BCUT2D eigenvalue weighted by Gasteiger charge is -2.15. The van der Waals surface area contributed by atoms with Crippen molar-refractivity contribution in [3.05, 3.63) is 56.7 Å². The highest BCUT2D eigenvalue weighted by atomic mass is 79.9. The number of nitrogens with two attached hydrogens (primary N) is 1. The minimum absolute atomic E-state index is 0.117. The van der Waals surface area contributed by atoms with Crippen molar-refractivity contribution in [2.75, 3.05) is 7.11 Å². The summed E-state index contributed by atoms with van der Waals surface area (Å²) in [5, 5.41) is 0. The second-order valence-corrected chi connectivity index (χ2v) is 6.03. The van der Waals surface area contributed by atoms with Crippen molar-refractivity contribution in [3.63, 3.8) is 0 Å². The van der Waals surface area contributed by atoms with Crippen LogP contribution < -0.4 is 10.5 Å². The van der Waals surface area contributed by atoms with Gasteiger partial charge < -0.3 is 10.5 Å². The fourth-order valence-electron chi connectivity index (χ4n) is 1.89. The molecule has 5 heteroatoms. The van der Waals surface area contributed by atoms with Crippen molar-refractivity contribution in [1.82, 2.24) is 4.98 Å². The van der Waals surface area contributed by atoms with Crippen molar-refractivity contribution >= 4 is 31.9 Å². The van der Waals surface area contributed by atoms with Crippen molar-refractivity contribution in [3.8, 4) is 5.75 Å². The molecule has 100 valence electrons. The predicted octanol–water partition coefficient (Wildman–Crippen LogP) is 3.86. The minimum atomic E-state index is -0.117. The highest BCUT2D eigenvalue weighted by molar-refractivity contribution is 9.10. The normalized spacial score (nSPS) is 12.2. The Morgan fingerprint density at radius 3 is 2.68 bits per heavy atom. The predicted molar refractivity (Wildman–Crippen MR) is 83.3 cm³/mol. The Hall–Kier alpha value is -0.910. The van der Waals surface area contributed by atoms with Gasteiger partial charge in [0.25, 0.3) is 0 Å². The van der Waals surface area contributed by atoms with Gasteiger partial charge in [0.2, 0.25) is 0 Å². The highest BCUT2D eigenvalue weighted by Gasteiger charge is 2.12. The molecule has 2 aromatic rings. The minimum Gasteiger partial charge on any atom is -0.496 e. The van der Waals surface area contributed by atoms with E-state index in [2.05, 4.69) is 36.8 Å². The van der Waals surface area contributed by atoms with Crippen LogP contribution in [0.3, 0.4) is 0 Å². The molecule has 19 heavy (non-hydrogen) atoms. The molecular formula is C14H14Br2N2O.